The van der Waals surface area contributed by atoms with Crippen LogP contribution in [0.2, 0.25) is 0 Å². The molecule has 1 aromatic heterocycles. The number of aryl methyl sites for hydroxylation is 2. The SMILES string of the molecule is Cc1ccc(C)n1CCN1CCOCC1. The summed E-state index contributed by atoms with van der Waals surface area (Å²) in [6.07, 6.45) is 0. The van der Waals surface area contributed by atoms with Gasteiger partial charge in [-0.2, -0.15) is 0 Å². The molecule has 0 radical (unpaired) electrons. The number of hydrogen-bond acceptors (Lipinski definition) is 2. The highest BCUT2D eigenvalue weighted by molar-refractivity contribution is 5.13. The van der Waals surface area contributed by atoms with Crippen LogP contribution in [-0.2, 0) is 11.3 Å². The first-order chi connectivity index (χ1) is 7.27. The van der Waals surface area contributed by atoms with E-state index in [9.17, 15) is 0 Å². The van der Waals surface area contributed by atoms with Crippen molar-refractivity contribution in [1.29, 1.82) is 0 Å². The third-order valence-electron chi connectivity index (χ3n) is 3.16. The minimum absolute atomic E-state index is 0.893. The first kappa shape index (κ1) is 10.7. The van der Waals surface area contributed by atoms with Gasteiger partial charge >= 0.3 is 0 Å². The zero-order chi connectivity index (χ0) is 10.7. The molecule has 0 aliphatic carbocycles. The second-order valence-corrected chi connectivity index (χ2v) is 4.22. The molecule has 2 rings (SSSR count). The Morgan fingerprint density at radius 1 is 1.07 bits per heavy atom. The number of rotatable bonds is 3. The molecular formula is C12H20N2O. The van der Waals surface area contributed by atoms with E-state index >= 15 is 0 Å². The standard InChI is InChI=1S/C12H20N2O/c1-11-3-4-12(2)14(11)6-5-13-7-9-15-10-8-13/h3-4H,5-10H2,1-2H3. The summed E-state index contributed by atoms with van der Waals surface area (Å²) in [7, 11) is 0. The Morgan fingerprint density at radius 3 is 2.27 bits per heavy atom. The van der Waals surface area contributed by atoms with Crippen LogP contribution in [0.3, 0.4) is 0 Å². The normalized spacial score (nSPS) is 18.3. The molecule has 1 fully saturated rings. The van der Waals surface area contributed by atoms with Gasteiger partial charge in [0.05, 0.1) is 13.2 Å². The number of hydrogen-bond donors (Lipinski definition) is 0. The largest absolute Gasteiger partial charge is 0.379 e. The van der Waals surface area contributed by atoms with Crippen LogP contribution in [0.5, 0.6) is 0 Å². The van der Waals surface area contributed by atoms with E-state index in [4.69, 9.17) is 4.74 Å². The number of ether oxygens (including phenoxy) is 1. The summed E-state index contributed by atoms with van der Waals surface area (Å²) in [6.45, 7) is 10.5. The lowest BCUT2D eigenvalue weighted by Gasteiger charge is -2.27. The van der Waals surface area contributed by atoms with Crippen molar-refractivity contribution < 1.29 is 4.74 Å². The van der Waals surface area contributed by atoms with Gasteiger partial charge in [-0.25, -0.2) is 0 Å². The van der Waals surface area contributed by atoms with Gasteiger partial charge in [-0.05, 0) is 26.0 Å². The molecule has 0 saturated carbocycles. The van der Waals surface area contributed by atoms with Gasteiger partial charge in [0.15, 0.2) is 0 Å². The van der Waals surface area contributed by atoms with E-state index in [-0.39, 0.29) is 0 Å². The third kappa shape index (κ3) is 2.61. The second kappa shape index (κ2) is 4.81. The Balaban J connectivity index is 1.87. The molecule has 0 N–H and O–H groups in total. The minimum Gasteiger partial charge on any atom is -0.379 e. The maximum absolute atomic E-state index is 5.34. The lowest BCUT2D eigenvalue weighted by atomic mass is 10.4. The lowest BCUT2D eigenvalue weighted by Crippen LogP contribution is -2.38. The predicted molar refractivity (Wildman–Crippen MR) is 61.2 cm³/mol. The van der Waals surface area contributed by atoms with Crippen molar-refractivity contribution >= 4 is 0 Å². The smallest absolute Gasteiger partial charge is 0.0594 e. The Kier molecular flexibility index (Phi) is 3.44. The van der Waals surface area contributed by atoms with Gasteiger partial charge in [-0.15, -0.1) is 0 Å². The molecule has 15 heavy (non-hydrogen) atoms. The van der Waals surface area contributed by atoms with Gasteiger partial charge < -0.3 is 9.30 Å². The van der Waals surface area contributed by atoms with Gasteiger partial charge in [0, 0.05) is 37.6 Å². The van der Waals surface area contributed by atoms with Crippen molar-refractivity contribution in [2.24, 2.45) is 0 Å². The van der Waals surface area contributed by atoms with E-state index in [2.05, 4.69) is 35.4 Å². The van der Waals surface area contributed by atoms with E-state index in [1.165, 1.54) is 11.4 Å². The fraction of sp³-hybridized carbons (Fsp3) is 0.667. The summed E-state index contributed by atoms with van der Waals surface area (Å²) in [5.41, 5.74) is 2.72. The van der Waals surface area contributed by atoms with Crippen molar-refractivity contribution in [1.82, 2.24) is 9.47 Å². The van der Waals surface area contributed by atoms with Crippen molar-refractivity contribution in [2.45, 2.75) is 20.4 Å². The molecule has 2 heterocycles. The maximum atomic E-state index is 5.34. The Hall–Kier alpha value is -0.800. The van der Waals surface area contributed by atoms with Crippen molar-refractivity contribution in [3.05, 3.63) is 23.5 Å². The average Bonchev–Trinajstić information content (AvgIpc) is 2.58. The third-order valence-corrected chi connectivity index (χ3v) is 3.16. The fourth-order valence-corrected chi connectivity index (χ4v) is 2.12. The second-order valence-electron chi connectivity index (χ2n) is 4.22. The maximum Gasteiger partial charge on any atom is 0.0594 e. The van der Waals surface area contributed by atoms with Crippen LogP contribution in [0.1, 0.15) is 11.4 Å². The molecule has 1 aliphatic heterocycles. The van der Waals surface area contributed by atoms with E-state index in [1.54, 1.807) is 0 Å². The van der Waals surface area contributed by atoms with E-state index < -0.39 is 0 Å². The average molecular weight is 208 g/mol. The quantitative estimate of drug-likeness (QED) is 0.748. The molecule has 1 saturated heterocycles. The summed E-state index contributed by atoms with van der Waals surface area (Å²) in [6, 6.07) is 4.38. The molecule has 0 bridgehead atoms. The highest BCUT2D eigenvalue weighted by Gasteiger charge is 2.10. The molecule has 84 valence electrons. The molecule has 3 heteroatoms. The molecule has 3 nitrogen and oxygen atoms in total. The van der Waals surface area contributed by atoms with Crippen LogP contribution in [0.15, 0.2) is 12.1 Å². The number of aromatic nitrogens is 1. The Bertz CT molecular complexity index is 294. The van der Waals surface area contributed by atoms with Crippen molar-refractivity contribution in [3.8, 4) is 0 Å². The topological polar surface area (TPSA) is 17.4 Å². The molecular weight excluding hydrogens is 188 g/mol. The van der Waals surface area contributed by atoms with Crippen LogP contribution < -0.4 is 0 Å². The lowest BCUT2D eigenvalue weighted by molar-refractivity contribution is 0.0363. The van der Waals surface area contributed by atoms with E-state index in [0.29, 0.717) is 0 Å². The molecule has 1 aromatic rings. The highest BCUT2D eigenvalue weighted by Crippen LogP contribution is 2.07. The molecule has 0 atom stereocenters. The van der Waals surface area contributed by atoms with Gasteiger partial charge in [-0.3, -0.25) is 4.90 Å². The van der Waals surface area contributed by atoms with Gasteiger partial charge in [0.2, 0.25) is 0 Å². The highest BCUT2D eigenvalue weighted by atomic mass is 16.5. The Morgan fingerprint density at radius 2 is 1.67 bits per heavy atom. The van der Waals surface area contributed by atoms with Gasteiger partial charge in [0.25, 0.3) is 0 Å². The van der Waals surface area contributed by atoms with Crippen LogP contribution in [0, 0.1) is 13.8 Å². The summed E-state index contributed by atoms with van der Waals surface area (Å²) < 4.78 is 7.72. The van der Waals surface area contributed by atoms with Crippen LogP contribution in [-0.4, -0.2) is 42.3 Å². The number of morpholine rings is 1. The molecule has 1 aliphatic rings. The van der Waals surface area contributed by atoms with Crippen molar-refractivity contribution in [3.63, 3.8) is 0 Å². The predicted octanol–water partition coefficient (Wildman–Crippen LogP) is 1.44. The van der Waals surface area contributed by atoms with Gasteiger partial charge in [0.1, 0.15) is 0 Å². The monoisotopic (exact) mass is 208 g/mol. The molecule has 0 unspecified atom stereocenters. The first-order valence-corrected chi connectivity index (χ1v) is 5.70. The zero-order valence-electron chi connectivity index (χ0n) is 9.70. The number of nitrogens with zero attached hydrogens (tertiary/aromatic N) is 2. The first-order valence-electron chi connectivity index (χ1n) is 5.70. The summed E-state index contributed by atoms with van der Waals surface area (Å²) in [4.78, 5) is 2.47. The minimum atomic E-state index is 0.893. The van der Waals surface area contributed by atoms with Gasteiger partial charge in [-0.1, -0.05) is 0 Å². The van der Waals surface area contributed by atoms with Crippen LogP contribution in [0.25, 0.3) is 0 Å². The van der Waals surface area contributed by atoms with E-state index in [0.717, 1.165) is 39.4 Å². The summed E-state index contributed by atoms with van der Waals surface area (Å²) >= 11 is 0. The van der Waals surface area contributed by atoms with Crippen LogP contribution >= 0.6 is 0 Å². The van der Waals surface area contributed by atoms with E-state index in [1.807, 2.05) is 0 Å². The zero-order valence-corrected chi connectivity index (χ0v) is 9.70. The van der Waals surface area contributed by atoms with Crippen LogP contribution in [0.4, 0.5) is 0 Å². The molecule has 0 spiro atoms. The molecule has 0 aromatic carbocycles. The Labute approximate surface area is 91.6 Å². The fourth-order valence-electron chi connectivity index (χ4n) is 2.12. The molecule has 0 amide bonds. The summed E-state index contributed by atoms with van der Waals surface area (Å²) in [5, 5.41) is 0. The van der Waals surface area contributed by atoms with Crippen molar-refractivity contribution in [2.75, 3.05) is 32.8 Å². The summed E-state index contributed by atoms with van der Waals surface area (Å²) in [5.74, 6) is 0.